The third kappa shape index (κ3) is 3.70. The topological polar surface area (TPSA) is 89.8 Å². The second kappa shape index (κ2) is 5.98. The highest BCUT2D eigenvalue weighted by Gasteiger charge is 2.24. The molecule has 1 unspecified atom stereocenters. The maximum Gasteiger partial charge on any atom is 0.288 e. The van der Waals surface area contributed by atoms with Crippen LogP contribution in [0.25, 0.3) is 0 Å². The highest BCUT2D eigenvalue weighted by atomic mass is 32.2. The fourth-order valence-corrected chi connectivity index (χ4v) is 3.24. The first-order valence-corrected chi connectivity index (χ1v) is 8.49. The molecule has 0 aliphatic carbocycles. The monoisotopic (exact) mass is 314 g/mol. The van der Waals surface area contributed by atoms with Crippen molar-refractivity contribution in [1.29, 1.82) is 0 Å². The number of hydrogen-bond acceptors (Lipinski definition) is 6. The van der Waals surface area contributed by atoms with E-state index in [-0.39, 0.29) is 11.0 Å². The average molecular weight is 314 g/mol. The molecule has 1 atom stereocenters. The molecule has 1 aliphatic rings. The van der Waals surface area contributed by atoms with Crippen LogP contribution in [0, 0.1) is 10.1 Å². The minimum absolute atomic E-state index is 0.117. The van der Waals surface area contributed by atoms with E-state index in [2.05, 4.69) is 0 Å². The molecule has 0 radical (unpaired) electrons. The molecule has 8 heteroatoms. The van der Waals surface area contributed by atoms with Gasteiger partial charge in [0.1, 0.15) is 4.90 Å². The summed E-state index contributed by atoms with van der Waals surface area (Å²) in [6, 6.07) is 4.14. The van der Waals surface area contributed by atoms with Gasteiger partial charge in [-0.05, 0) is 25.0 Å². The summed E-state index contributed by atoms with van der Waals surface area (Å²) >= 11 is 0. The van der Waals surface area contributed by atoms with Crippen LogP contribution in [0.5, 0.6) is 0 Å². The number of hydrogen-bond donors (Lipinski definition) is 0. The first-order chi connectivity index (χ1) is 9.79. The average Bonchev–Trinajstić information content (AvgIpc) is 2.89. The van der Waals surface area contributed by atoms with Gasteiger partial charge in [0.2, 0.25) is 0 Å². The van der Waals surface area contributed by atoms with Gasteiger partial charge in [0.15, 0.2) is 9.84 Å². The van der Waals surface area contributed by atoms with Crippen LogP contribution in [-0.2, 0) is 14.6 Å². The molecule has 0 spiro atoms. The Morgan fingerprint density at radius 1 is 1.48 bits per heavy atom. The van der Waals surface area contributed by atoms with Crippen molar-refractivity contribution in [1.82, 2.24) is 0 Å². The summed E-state index contributed by atoms with van der Waals surface area (Å²) < 4.78 is 29.0. The quantitative estimate of drug-likeness (QED) is 0.606. The summed E-state index contributed by atoms with van der Waals surface area (Å²) in [5.41, 5.74) is 0.225. The Bertz CT molecular complexity index is 638. The van der Waals surface area contributed by atoms with Gasteiger partial charge in [0.25, 0.3) is 5.69 Å². The van der Waals surface area contributed by atoms with Crippen molar-refractivity contribution in [2.45, 2.75) is 23.8 Å². The number of anilines is 1. The largest absolute Gasteiger partial charge is 0.376 e. The molecule has 1 aliphatic heterocycles. The van der Waals surface area contributed by atoms with E-state index in [0.717, 1.165) is 25.7 Å². The van der Waals surface area contributed by atoms with Crippen LogP contribution in [-0.4, -0.2) is 45.9 Å². The van der Waals surface area contributed by atoms with E-state index in [1.54, 1.807) is 6.07 Å². The van der Waals surface area contributed by atoms with Crippen molar-refractivity contribution >= 4 is 21.2 Å². The molecule has 0 N–H and O–H groups in total. The Labute approximate surface area is 123 Å². The lowest BCUT2D eigenvalue weighted by molar-refractivity contribution is -0.387. The second-order valence-electron chi connectivity index (χ2n) is 5.20. The van der Waals surface area contributed by atoms with Crippen molar-refractivity contribution in [3.63, 3.8) is 0 Å². The van der Waals surface area contributed by atoms with E-state index in [4.69, 9.17) is 4.74 Å². The van der Waals surface area contributed by atoms with Gasteiger partial charge in [-0.3, -0.25) is 10.1 Å². The molecule has 7 nitrogen and oxygen atoms in total. The molecule has 0 saturated carbocycles. The number of likely N-dealkylation sites (N-methyl/N-ethyl adjacent to an activating group) is 1. The molecule has 1 aromatic rings. The lowest BCUT2D eigenvalue weighted by atomic mass is 10.2. The maximum atomic E-state index is 11.7. The summed E-state index contributed by atoms with van der Waals surface area (Å²) in [5, 5.41) is 10.9. The van der Waals surface area contributed by atoms with E-state index in [1.807, 2.05) is 11.9 Å². The summed E-state index contributed by atoms with van der Waals surface area (Å²) in [6.45, 7) is 1.37. The van der Waals surface area contributed by atoms with Gasteiger partial charge in [-0.1, -0.05) is 0 Å². The number of rotatable bonds is 5. The summed E-state index contributed by atoms with van der Waals surface area (Å²) in [5.74, 6) is 0. The number of nitro benzene ring substituents is 1. The third-order valence-electron chi connectivity index (χ3n) is 3.48. The minimum atomic E-state index is -3.66. The van der Waals surface area contributed by atoms with Crippen LogP contribution in [0.2, 0.25) is 0 Å². The Balaban J connectivity index is 2.30. The predicted molar refractivity (Wildman–Crippen MR) is 78.5 cm³/mol. The number of nitro groups is 1. The van der Waals surface area contributed by atoms with E-state index in [0.29, 0.717) is 12.2 Å². The Morgan fingerprint density at radius 2 is 2.19 bits per heavy atom. The fourth-order valence-electron chi connectivity index (χ4n) is 2.39. The van der Waals surface area contributed by atoms with Gasteiger partial charge < -0.3 is 9.64 Å². The van der Waals surface area contributed by atoms with Crippen molar-refractivity contribution in [3.05, 3.63) is 28.3 Å². The van der Waals surface area contributed by atoms with E-state index in [1.165, 1.54) is 12.1 Å². The van der Waals surface area contributed by atoms with Crippen LogP contribution in [0.15, 0.2) is 23.1 Å². The van der Waals surface area contributed by atoms with Crippen LogP contribution < -0.4 is 4.90 Å². The molecular weight excluding hydrogens is 296 g/mol. The molecule has 0 aromatic heterocycles. The molecular formula is C13H18N2O5S. The molecule has 21 heavy (non-hydrogen) atoms. The van der Waals surface area contributed by atoms with Gasteiger partial charge in [-0.15, -0.1) is 0 Å². The standard InChI is InChI=1S/C13H18N2O5S/c1-14(9-11-4-3-7-20-11)10-5-6-12(15(16)17)13(8-10)21(2,18)19/h5-6,8,11H,3-4,7,9H2,1-2H3. The van der Waals surface area contributed by atoms with E-state index >= 15 is 0 Å². The van der Waals surface area contributed by atoms with Gasteiger partial charge >= 0.3 is 0 Å². The highest BCUT2D eigenvalue weighted by molar-refractivity contribution is 7.90. The minimum Gasteiger partial charge on any atom is -0.376 e. The first-order valence-electron chi connectivity index (χ1n) is 6.60. The van der Waals surface area contributed by atoms with E-state index < -0.39 is 20.4 Å². The SMILES string of the molecule is CN(CC1CCCO1)c1ccc([N+](=O)[O-])c(S(C)(=O)=O)c1. The molecule has 1 saturated heterocycles. The number of sulfone groups is 1. The predicted octanol–water partition coefficient (Wildman–Crippen LogP) is 1.61. The Kier molecular flexibility index (Phi) is 4.48. The van der Waals surface area contributed by atoms with Crippen molar-refractivity contribution < 1.29 is 18.1 Å². The maximum absolute atomic E-state index is 11.7. The molecule has 1 fully saturated rings. The second-order valence-corrected chi connectivity index (χ2v) is 7.18. The number of benzene rings is 1. The van der Waals surface area contributed by atoms with Crippen molar-refractivity contribution in [2.24, 2.45) is 0 Å². The van der Waals surface area contributed by atoms with Gasteiger partial charge in [0.05, 0.1) is 11.0 Å². The molecule has 1 aromatic carbocycles. The van der Waals surface area contributed by atoms with Crippen molar-refractivity contribution in [3.8, 4) is 0 Å². The van der Waals surface area contributed by atoms with Crippen molar-refractivity contribution in [2.75, 3.05) is 31.4 Å². The molecule has 0 amide bonds. The lowest BCUT2D eigenvalue weighted by Gasteiger charge is -2.23. The Morgan fingerprint density at radius 3 is 2.71 bits per heavy atom. The molecule has 116 valence electrons. The smallest absolute Gasteiger partial charge is 0.288 e. The third-order valence-corrected chi connectivity index (χ3v) is 4.61. The lowest BCUT2D eigenvalue weighted by Crippen LogP contribution is -2.28. The molecule has 2 rings (SSSR count). The zero-order chi connectivity index (χ0) is 15.6. The van der Waals surface area contributed by atoms with Crippen LogP contribution in [0.4, 0.5) is 11.4 Å². The normalized spacial score (nSPS) is 18.7. The zero-order valence-electron chi connectivity index (χ0n) is 12.0. The highest BCUT2D eigenvalue weighted by Crippen LogP contribution is 2.29. The number of ether oxygens (including phenoxy) is 1. The summed E-state index contributed by atoms with van der Waals surface area (Å²) in [4.78, 5) is 11.9. The zero-order valence-corrected chi connectivity index (χ0v) is 12.8. The van der Waals surface area contributed by atoms with Crippen LogP contribution in [0.3, 0.4) is 0 Å². The van der Waals surface area contributed by atoms with E-state index in [9.17, 15) is 18.5 Å². The van der Waals surface area contributed by atoms with Crippen LogP contribution >= 0.6 is 0 Å². The van der Waals surface area contributed by atoms with Gasteiger partial charge in [-0.2, -0.15) is 0 Å². The molecule has 0 bridgehead atoms. The van der Waals surface area contributed by atoms with Crippen LogP contribution in [0.1, 0.15) is 12.8 Å². The summed E-state index contributed by atoms with van der Waals surface area (Å²) in [6.07, 6.45) is 3.08. The molecule has 1 heterocycles. The summed E-state index contributed by atoms with van der Waals surface area (Å²) in [7, 11) is -1.85. The van der Waals surface area contributed by atoms with Gasteiger partial charge in [0, 0.05) is 38.2 Å². The Hall–Kier alpha value is -1.67. The number of nitrogens with zero attached hydrogens (tertiary/aromatic N) is 2. The fraction of sp³-hybridized carbons (Fsp3) is 0.538. The first kappa shape index (κ1) is 15.7. The van der Waals surface area contributed by atoms with Gasteiger partial charge in [-0.25, -0.2) is 8.42 Å².